The molecule has 196 valence electrons. The van der Waals surface area contributed by atoms with Crippen LogP contribution in [0.25, 0.3) is 10.9 Å². The summed E-state index contributed by atoms with van der Waals surface area (Å²) in [6.07, 6.45) is 2.96. The van der Waals surface area contributed by atoms with Crippen LogP contribution >= 0.6 is 0 Å². The third-order valence-corrected chi connectivity index (χ3v) is 6.79. The Bertz CT molecular complexity index is 1280. The van der Waals surface area contributed by atoms with Crippen LogP contribution < -0.4 is 21.4 Å². The number of anilines is 2. The monoisotopic (exact) mass is 504 g/mol. The van der Waals surface area contributed by atoms with Gasteiger partial charge in [-0.25, -0.2) is 14.0 Å². The van der Waals surface area contributed by atoms with Gasteiger partial charge in [0.2, 0.25) is 5.43 Å². The normalized spacial score (nSPS) is 18.5. The molecule has 2 heterocycles. The minimum Gasteiger partial charge on any atom is -0.477 e. The number of aromatic nitrogens is 1. The van der Waals surface area contributed by atoms with Gasteiger partial charge >= 0.3 is 12.1 Å². The molecule has 36 heavy (non-hydrogen) atoms. The first-order valence-corrected chi connectivity index (χ1v) is 12.0. The third kappa shape index (κ3) is 4.97. The Kier molecular flexibility index (Phi) is 6.40. The third-order valence-electron chi connectivity index (χ3n) is 6.79. The van der Waals surface area contributed by atoms with E-state index in [1.54, 1.807) is 31.4 Å². The van der Waals surface area contributed by atoms with Gasteiger partial charge < -0.3 is 25.6 Å². The molecule has 1 aromatic heterocycles. The Morgan fingerprint density at radius 3 is 2.44 bits per heavy atom. The molecule has 1 aliphatic heterocycles. The van der Waals surface area contributed by atoms with Crippen LogP contribution in [0.1, 0.15) is 70.3 Å². The fourth-order valence-electron chi connectivity index (χ4n) is 4.65. The van der Waals surface area contributed by atoms with Gasteiger partial charge in [-0.2, -0.15) is 4.89 Å². The second-order valence-electron chi connectivity index (χ2n) is 11.2. The number of fused-ring (bicyclic) bond motifs is 1. The lowest BCUT2D eigenvalue weighted by Crippen LogP contribution is -2.50. The van der Waals surface area contributed by atoms with Crippen LogP contribution in [0.4, 0.5) is 20.6 Å². The molecule has 11 heteroatoms. The van der Waals surface area contributed by atoms with E-state index in [0.717, 1.165) is 12.8 Å². The minimum atomic E-state index is -1.37. The van der Waals surface area contributed by atoms with Crippen molar-refractivity contribution in [3.05, 3.63) is 33.9 Å². The molecule has 0 spiro atoms. The molecule has 0 unspecified atom stereocenters. The van der Waals surface area contributed by atoms with Crippen molar-refractivity contribution < 1.29 is 28.9 Å². The Labute approximate surface area is 208 Å². The SMILES string of the molecule is CC(C)(C)OOC(=O)NC(C)(C)[C@@H]1CCN(c2cc3c(c(N)c2F)c(=O)c(C(=O)O)cn3C2CC2)C1. The molecular formula is C25H33FN4O6. The molecule has 0 radical (unpaired) electrons. The van der Waals surface area contributed by atoms with Gasteiger partial charge in [-0.05, 0) is 59.9 Å². The quantitative estimate of drug-likeness (QED) is 0.307. The van der Waals surface area contributed by atoms with Crippen molar-refractivity contribution in [1.82, 2.24) is 9.88 Å². The first kappa shape index (κ1) is 25.7. The molecule has 0 bridgehead atoms. The maximum Gasteiger partial charge on any atom is 0.439 e. The van der Waals surface area contributed by atoms with Crippen molar-refractivity contribution in [2.45, 2.75) is 71.1 Å². The first-order chi connectivity index (χ1) is 16.7. The highest BCUT2D eigenvalue weighted by Crippen LogP contribution is 2.41. The summed E-state index contributed by atoms with van der Waals surface area (Å²) >= 11 is 0. The van der Waals surface area contributed by atoms with E-state index in [1.807, 2.05) is 18.7 Å². The van der Waals surface area contributed by atoms with Gasteiger partial charge in [0.1, 0.15) is 11.2 Å². The van der Waals surface area contributed by atoms with Crippen LogP contribution in [0.5, 0.6) is 0 Å². The van der Waals surface area contributed by atoms with Gasteiger partial charge in [0.05, 0.1) is 22.3 Å². The number of amides is 1. The number of benzene rings is 1. The molecule has 2 aliphatic rings. The fraction of sp³-hybridized carbons (Fsp3) is 0.560. The Morgan fingerprint density at radius 2 is 1.86 bits per heavy atom. The van der Waals surface area contributed by atoms with Crippen molar-refractivity contribution >= 4 is 34.3 Å². The Morgan fingerprint density at radius 1 is 1.19 bits per heavy atom. The lowest BCUT2D eigenvalue weighted by atomic mass is 9.87. The lowest BCUT2D eigenvalue weighted by Gasteiger charge is -2.32. The number of pyridine rings is 1. The highest BCUT2D eigenvalue weighted by molar-refractivity contribution is 5.99. The molecule has 1 saturated carbocycles. The van der Waals surface area contributed by atoms with Gasteiger partial charge in [-0.3, -0.25) is 9.68 Å². The highest BCUT2D eigenvalue weighted by atomic mass is 19.1. The number of hydrogen-bond donors (Lipinski definition) is 3. The van der Waals surface area contributed by atoms with Crippen LogP contribution in [0.2, 0.25) is 0 Å². The standard InChI is InChI=1S/C25H33FN4O6/c1-24(2,3)36-35-23(34)28-25(4,5)13-8-9-29(11-13)17-10-16-18(20(27)19(17)26)21(31)15(22(32)33)12-30(16)14-6-7-14/h10,12-14H,6-9,11,27H2,1-5H3,(H,28,34)(H,32,33)/t13-/m1/s1. The van der Waals surface area contributed by atoms with Crippen LogP contribution in [0.3, 0.4) is 0 Å². The second kappa shape index (κ2) is 8.95. The van der Waals surface area contributed by atoms with Crippen LogP contribution in [0.15, 0.2) is 17.1 Å². The van der Waals surface area contributed by atoms with Gasteiger partial charge in [0.15, 0.2) is 5.82 Å². The number of carboxylic acids is 1. The number of carboxylic acid groups (broad SMARTS) is 1. The van der Waals surface area contributed by atoms with Gasteiger partial charge in [0.25, 0.3) is 0 Å². The van der Waals surface area contributed by atoms with Crippen LogP contribution in [0, 0.1) is 11.7 Å². The average Bonchev–Trinajstić information content (AvgIpc) is 3.48. The van der Waals surface area contributed by atoms with E-state index in [4.69, 9.17) is 15.5 Å². The van der Waals surface area contributed by atoms with Crippen molar-refractivity contribution in [3.63, 3.8) is 0 Å². The summed E-state index contributed by atoms with van der Waals surface area (Å²) in [5, 5.41) is 12.2. The van der Waals surface area contributed by atoms with Crippen molar-refractivity contribution in [1.29, 1.82) is 0 Å². The summed E-state index contributed by atoms with van der Waals surface area (Å²) in [6.45, 7) is 9.94. The molecule has 1 amide bonds. The van der Waals surface area contributed by atoms with E-state index < -0.39 is 40.0 Å². The predicted octanol–water partition coefficient (Wildman–Crippen LogP) is 3.82. The summed E-state index contributed by atoms with van der Waals surface area (Å²) in [7, 11) is 0. The number of nitrogens with one attached hydrogen (secondary N) is 1. The lowest BCUT2D eigenvalue weighted by molar-refractivity contribution is -0.301. The zero-order valence-electron chi connectivity index (χ0n) is 21.2. The Balaban J connectivity index is 1.62. The molecule has 2 aromatic rings. The molecule has 1 saturated heterocycles. The summed E-state index contributed by atoms with van der Waals surface area (Å²) in [5.74, 6) is -2.17. The molecule has 10 nitrogen and oxygen atoms in total. The molecule has 1 aliphatic carbocycles. The second-order valence-corrected chi connectivity index (χ2v) is 11.2. The fourth-order valence-corrected chi connectivity index (χ4v) is 4.65. The number of nitrogens with zero attached hydrogens (tertiary/aromatic N) is 2. The van der Waals surface area contributed by atoms with E-state index >= 15 is 4.39 Å². The van der Waals surface area contributed by atoms with Crippen LogP contribution in [-0.4, -0.2) is 46.0 Å². The van der Waals surface area contributed by atoms with Gasteiger partial charge in [-0.15, -0.1) is 0 Å². The zero-order chi connectivity index (χ0) is 26.6. The molecule has 1 aromatic carbocycles. The largest absolute Gasteiger partial charge is 0.477 e. The molecule has 4 rings (SSSR count). The van der Waals surface area contributed by atoms with Crippen molar-refractivity contribution in [3.8, 4) is 0 Å². The smallest absolute Gasteiger partial charge is 0.439 e. The maximum atomic E-state index is 15.5. The van der Waals surface area contributed by atoms with Gasteiger partial charge in [-0.1, -0.05) is 0 Å². The van der Waals surface area contributed by atoms with E-state index in [2.05, 4.69) is 5.32 Å². The number of nitrogen functional groups attached to an aromatic ring is 1. The summed E-state index contributed by atoms with van der Waals surface area (Å²) in [4.78, 5) is 48.5. The average molecular weight is 505 g/mol. The van der Waals surface area contributed by atoms with Crippen LogP contribution in [-0.2, 0) is 9.78 Å². The van der Waals surface area contributed by atoms with Gasteiger partial charge in [0, 0.05) is 36.8 Å². The van der Waals surface area contributed by atoms with Crippen molar-refractivity contribution in [2.24, 2.45) is 5.92 Å². The highest BCUT2D eigenvalue weighted by Gasteiger charge is 2.38. The molecule has 1 atom stereocenters. The number of hydrogen-bond acceptors (Lipinski definition) is 7. The van der Waals surface area contributed by atoms with E-state index in [9.17, 15) is 19.5 Å². The zero-order valence-corrected chi connectivity index (χ0v) is 21.2. The number of nitrogens with two attached hydrogens (primary N) is 1. The van der Waals surface area contributed by atoms with E-state index in [1.165, 1.54) is 6.20 Å². The number of aromatic carboxylic acids is 1. The maximum absolute atomic E-state index is 15.5. The Hall–Kier alpha value is -3.34. The minimum absolute atomic E-state index is 0.0414. The van der Waals surface area contributed by atoms with E-state index in [-0.39, 0.29) is 28.7 Å². The number of halogens is 1. The molecule has 2 fully saturated rings. The topological polar surface area (TPSA) is 136 Å². The number of carbonyl (C=O) groups is 2. The van der Waals surface area contributed by atoms with E-state index in [0.29, 0.717) is 25.0 Å². The summed E-state index contributed by atoms with van der Waals surface area (Å²) in [6, 6.07) is 1.63. The first-order valence-electron chi connectivity index (χ1n) is 12.0. The predicted molar refractivity (Wildman–Crippen MR) is 133 cm³/mol. The number of carbonyl (C=O) groups excluding carboxylic acids is 1. The molecular weight excluding hydrogens is 471 g/mol. The van der Waals surface area contributed by atoms with Crippen molar-refractivity contribution in [2.75, 3.05) is 23.7 Å². The molecule has 4 N–H and O–H groups in total. The number of rotatable bonds is 6. The summed E-state index contributed by atoms with van der Waals surface area (Å²) < 4.78 is 17.2. The summed E-state index contributed by atoms with van der Waals surface area (Å²) in [5.41, 5.74) is 3.87.